The molecule has 120 valence electrons. The maximum atomic E-state index is 12.6. The zero-order valence-electron chi connectivity index (χ0n) is 13.3. The normalized spacial score (nSPS) is 22.5. The zero-order chi connectivity index (χ0) is 15.6. The molecule has 0 atom stereocenters. The van der Waals surface area contributed by atoms with E-state index in [1.807, 2.05) is 4.90 Å². The molecule has 0 aromatic carbocycles. The Morgan fingerprint density at radius 2 is 1.91 bits per heavy atom. The van der Waals surface area contributed by atoms with Gasteiger partial charge in [-0.05, 0) is 69.8 Å². The summed E-state index contributed by atoms with van der Waals surface area (Å²) in [5.41, 5.74) is 0.593. The zero-order valence-corrected chi connectivity index (χ0v) is 13.3. The Bertz CT molecular complexity index is 538. The molecule has 0 bridgehead atoms. The van der Waals surface area contributed by atoms with E-state index < -0.39 is 0 Å². The minimum atomic E-state index is -0.136. The standard InChI is InChI=1S/C17H25N3O2/c1-19-11-6-17(7-12-19)5-3-10-20(13-8-17)16(22)15-14(21)4-2-9-18-15/h2,4,9,21H,3,5-8,10-13H2,1H3. The highest BCUT2D eigenvalue weighted by Gasteiger charge is 2.36. The van der Waals surface area contributed by atoms with Crippen molar-refractivity contribution in [3.63, 3.8) is 0 Å². The van der Waals surface area contributed by atoms with Crippen molar-refractivity contribution in [2.24, 2.45) is 5.41 Å². The highest BCUT2D eigenvalue weighted by Crippen LogP contribution is 2.41. The van der Waals surface area contributed by atoms with Gasteiger partial charge in [-0.15, -0.1) is 0 Å². The molecule has 3 heterocycles. The number of piperidine rings is 1. The van der Waals surface area contributed by atoms with Gasteiger partial charge in [0.1, 0.15) is 5.75 Å². The van der Waals surface area contributed by atoms with Crippen LogP contribution in [0.15, 0.2) is 18.3 Å². The summed E-state index contributed by atoms with van der Waals surface area (Å²) in [7, 11) is 2.18. The second kappa shape index (κ2) is 6.24. The number of amides is 1. The number of carbonyl (C=O) groups excluding carboxylic acids is 1. The number of aromatic hydroxyl groups is 1. The van der Waals surface area contributed by atoms with Crippen molar-refractivity contribution in [3.8, 4) is 5.75 Å². The quantitative estimate of drug-likeness (QED) is 0.863. The Kier molecular flexibility index (Phi) is 4.34. The number of hydrogen-bond donors (Lipinski definition) is 1. The number of aromatic nitrogens is 1. The van der Waals surface area contributed by atoms with E-state index in [1.54, 1.807) is 12.3 Å². The van der Waals surface area contributed by atoms with Crippen molar-refractivity contribution < 1.29 is 9.90 Å². The van der Waals surface area contributed by atoms with Crippen LogP contribution in [0.5, 0.6) is 5.75 Å². The van der Waals surface area contributed by atoms with Crippen LogP contribution in [0.2, 0.25) is 0 Å². The Balaban J connectivity index is 1.68. The Labute approximate surface area is 131 Å². The van der Waals surface area contributed by atoms with Crippen LogP contribution in [-0.4, -0.2) is 59.0 Å². The predicted octanol–water partition coefficient (Wildman–Crippen LogP) is 2.13. The first kappa shape index (κ1) is 15.3. The summed E-state index contributed by atoms with van der Waals surface area (Å²) >= 11 is 0. The third-order valence-corrected chi connectivity index (χ3v) is 5.37. The molecule has 0 unspecified atom stereocenters. The summed E-state index contributed by atoms with van der Waals surface area (Å²) in [5.74, 6) is -0.158. The fourth-order valence-electron chi connectivity index (χ4n) is 3.76. The maximum Gasteiger partial charge on any atom is 0.276 e. The number of carbonyl (C=O) groups is 1. The Morgan fingerprint density at radius 1 is 1.18 bits per heavy atom. The second-order valence-electron chi connectivity index (χ2n) is 6.82. The molecule has 1 amide bonds. The predicted molar refractivity (Wildman–Crippen MR) is 84.8 cm³/mol. The second-order valence-corrected chi connectivity index (χ2v) is 6.82. The van der Waals surface area contributed by atoms with Crippen LogP contribution in [0.4, 0.5) is 0 Å². The smallest absolute Gasteiger partial charge is 0.276 e. The van der Waals surface area contributed by atoms with E-state index in [9.17, 15) is 9.90 Å². The van der Waals surface area contributed by atoms with Gasteiger partial charge < -0.3 is 14.9 Å². The lowest BCUT2D eigenvalue weighted by Gasteiger charge is -2.40. The molecule has 0 aliphatic carbocycles. The fourth-order valence-corrected chi connectivity index (χ4v) is 3.76. The van der Waals surface area contributed by atoms with E-state index in [4.69, 9.17) is 0 Å². The first-order valence-electron chi connectivity index (χ1n) is 8.21. The summed E-state index contributed by atoms with van der Waals surface area (Å²) in [4.78, 5) is 20.9. The lowest BCUT2D eigenvalue weighted by molar-refractivity contribution is 0.0725. The molecular weight excluding hydrogens is 278 g/mol. The van der Waals surface area contributed by atoms with Crippen LogP contribution in [-0.2, 0) is 0 Å². The van der Waals surface area contributed by atoms with Gasteiger partial charge in [0.25, 0.3) is 5.91 Å². The summed E-state index contributed by atoms with van der Waals surface area (Å²) in [6, 6.07) is 3.17. The van der Waals surface area contributed by atoms with Crippen LogP contribution in [0.3, 0.4) is 0 Å². The van der Waals surface area contributed by atoms with Crippen LogP contribution in [0.25, 0.3) is 0 Å². The van der Waals surface area contributed by atoms with Crippen molar-refractivity contribution >= 4 is 5.91 Å². The van der Waals surface area contributed by atoms with Crippen LogP contribution < -0.4 is 0 Å². The van der Waals surface area contributed by atoms with E-state index in [0.29, 0.717) is 5.41 Å². The molecule has 0 saturated carbocycles. The molecule has 1 aromatic heterocycles. The van der Waals surface area contributed by atoms with E-state index in [1.165, 1.54) is 25.3 Å². The van der Waals surface area contributed by atoms with Gasteiger partial charge in [0.05, 0.1) is 0 Å². The minimum absolute atomic E-state index is 0.0225. The number of hydrogen-bond acceptors (Lipinski definition) is 4. The SMILES string of the molecule is CN1CCC2(CCCN(C(=O)c3ncccc3O)CC2)CC1. The van der Waals surface area contributed by atoms with E-state index >= 15 is 0 Å². The van der Waals surface area contributed by atoms with Crippen molar-refractivity contribution in [2.75, 3.05) is 33.2 Å². The van der Waals surface area contributed by atoms with Gasteiger partial charge in [-0.3, -0.25) is 4.79 Å². The van der Waals surface area contributed by atoms with Gasteiger partial charge in [0.2, 0.25) is 0 Å². The maximum absolute atomic E-state index is 12.6. The van der Waals surface area contributed by atoms with Crippen molar-refractivity contribution in [1.82, 2.24) is 14.8 Å². The number of rotatable bonds is 1. The van der Waals surface area contributed by atoms with E-state index in [0.717, 1.165) is 39.0 Å². The van der Waals surface area contributed by atoms with Gasteiger partial charge in [0.15, 0.2) is 5.69 Å². The van der Waals surface area contributed by atoms with Crippen LogP contribution >= 0.6 is 0 Å². The summed E-state index contributed by atoms with van der Waals surface area (Å²) in [5, 5.41) is 9.84. The largest absolute Gasteiger partial charge is 0.505 e. The van der Waals surface area contributed by atoms with Gasteiger partial charge in [-0.2, -0.15) is 0 Å². The first-order chi connectivity index (χ1) is 10.6. The van der Waals surface area contributed by atoms with Gasteiger partial charge in [0, 0.05) is 19.3 Å². The monoisotopic (exact) mass is 303 g/mol. The molecule has 2 fully saturated rings. The van der Waals surface area contributed by atoms with E-state index in [-0.39, 0.29) is 17.4 Å². The highest BCUT2D eigenvalue weighted by molar-refractivity contribution is 5.94. The number of likely N-dealkylation sites (tertiary alicyclic amines) is 2. The molecule has 1 spiro atoms. The fraction of sp³-hybridized carbons (Fsp3) is 0.647. The average molecular weight is 303 g/mol. The van der Waals surface area contributed by atoms with E-state index in [2.05, 4.69) is 16.9 Å². The first-order valence-corrected chi connectivity index (χ1v) is 8.21. The van der Waals surface area contributed by atoms with Crippen molar-refractivity contribution in [1.29, 1.82) is 0 Å². The van der Waals surface area contributed by atoms with Crippen LogP contribution in [0, 0.1) is 5.41 Å². The third kappa shape index (κ3) is 3.09. The molecule has 5 nitrogen and oxygen atoms in total. The van der Waals surface area contributed by atoms with Gasteiger partial charge >= 0.3 is 0 Å². The Morgan fingerprint density at radius 3 is 2.64 bits per heavy atom. The molecule has 22 heavy (non-hydrogen) atoms. The molecule has 2 saturated heterocycles. The molecule has 1 aromatic rings. The van der Waals surface area contributed by atoms with Crippen LogP contribution in [0.1, 0.15) is 42.6 Å². The van der Waals surface area contributed by atoms with Crippen molar-refractivity contribution in [2.45, 2.75) is 32.1 Å². The van der Waals surface area contributed by atoms with Gasteiger partial charge in [-0.25, -0.2) is 4.98 Å². The Hall–Kier alpha value is -1.62. The molecule has 2 aliphatic rings. The summed E-state index contributed by atoms with van der Waals surface area (Å²) in [6.07, 6.45) is 7.35. The summed E-state index contributed by atoms with van der Waals surface area (Å²) < 4.78 is 0. The number of nitrogens with zero attached hydrogens (tertiary/aromatic N) is 3. The van der Waals surface area contributed by atoms with Gasteiger partial charge in [-0.1, -0.05) is 0 Å². The minimum Gasteiger partial charge on any atom is -0.505 e. The average Bonchev–Trinajstić information content (AvgIpc) is 2.73. The summed E-state index contributed by atoms with van der Waals surface area (Å²) in [6.45, 7) is 3.87. The third-order valence-electron chi connectivity index (χ3n) is 5.37. The van der Waals surface area contributed by atoms with Crippen molar-refractivity contribution in [3.05, 3.63) is 24.0 Å². The lowest BCUT2D eigenvalue weighted by Crippen LogP contribution is -2.39. The molecule has 3 rings (SSSR count). The number of pyridine rings is 1. The molecule has 1 N–H and O–H groups in total. The lowest BCUT2D eigenvalue weighted by atomic mass is 9.73. The molecule has 0 radical (unpaired) electrons. The topological polar surface area (TPSA) is 56.7 Å². The molecule has 5 heteroatoms. The molecular formula is C17H25N3O2. The molecule has 2 aliphatic heterocycles. The highest BCUT2D eigenvalue weighted by atomic mass is 16.3.